The minimum absolute atomic E-state index is 0. The van der Waals surface area contributed by atoms with E-state index >= 15 is 0 Å². The van der Waals surface area contributed by atoms with Crippen molar-refractivity contribution in [1.29, 1.82) is 0 Å². The van der Waals surface area contributed by atoms with Crippen LogP contribution in [0.5, 0.6) is 5.75 Å². The number of methoxy groups -OCH3 is 1. The topological polar surface area (TPSA) is 67.6 Å². The van der Waals surface area contributed by atoms with Crippen molar-refractivity contribution in [3.63, 3.8) is 0 Å². The molecule has 0 saturated carbocycles. The summed E-state index contributed by atoms with van der Waals surface area (Å²) in [4.78, 5) is 7.32. The van der Waals surface area contributed by atoms with Gasteiger partial charge >= 0.3 is 0 Å². The lowest BCUT2D eigenvalue weighted by Gasteiger charge is -2.22. The van der Waals surface area contributed by atoms with E-state index in [4.69, 9.17) is 9.73 Å². The largest absolute Gasteiger partial charge is 0.497 e. The number of aromatic nitrogens is 3. The van der Waals surface area contributed by atoms with Crippen LogP contribution in [0.25, 0.3) is 0 Å². The first-order valence-corrected chi connectivity index (χ1v) is 11.4. The number of rotatable bonds is 6. The molecule has 1 atom stereocenters. The molecule has 170 valence electrons. The fourth-order valence-electron chi connectivity index (χ4n) is 4.52. The second-order valence-electron chi connectivity index (χ2n) is 8.19. The van der Waals surface area contributed by atoms with Crippen molar-refractivity contribution in [2.75, 3.05) is 33.3 Å². The number of nitrogens with zero attached hydrogens (tertiary/aromatic N) is 5. The lowest BCUT2D eigenvalue weighted by molar-refractivity contribution is 0.414. The molecule has 4 rings (SSSR count). The molecule has 1 saturated heterocycles. The Hall–Kier alpha value is -1.84. The summed E-state index contributed by atoms with van der Waals surface area (Å²) in [5, 5.41) is 12.3. The average Bonchev–Trinajstić information content (AvgIpc) is 3.34. The monoisotopic (exact) mass is 538 g/mol. The molecule has 8 heteroatoms. The third kappa shape index (κ3) is 5.90. The Morgan fingerprint density at radius 3 is 2.77 bits per heavy atom. The summed E-state index contributed by atoms with van der Waals surface area (Å²) in [7, 11) is 1.71. The lowest BCUT2D eigenvalue weighted by Crippen LogP contribution is -2.40. The molecule has 1 fully saturated rings. The van der Waals surface area contributed by atoms with E-state index in [1.807, 2.05) is 0 Å². The van der Waals surface area contributed by atoms with Gasteiger partial charge in [0.15, 0.2) is 5.96 Å². The number of ether oxygens (including phenoxy) is 1. The van der Waals surface area contributed by atoms with Gasteiger partial charge in [-0.05, 0) is 43.9 Å². The van der Waals surface area contributed by atoms with E-state index < -0.39 is 0 Å². The molecule has 2 aliphatic heterocycles. The van der Waals surface area contributed by atoms with Crippen molar-refractivity contribution >= 4 is 29.9 Å². The van der Waals surface area contributed by atoms with Gasteiger partial charge in [-0.3, -0.25) is 4.99 Å². The molecular formula is C23H35IN6O. The molecule has 7 nitrogen and oxygen atoms in total. The van der Waals surface area contributed by atoms with Gasteiger partial charge in [0, 0.05) is 51.5 Å². The fourth-order valence-corrected chi connectivity index (χ4v) is 4.52. The standard InChI is InChI=1S/C23H34N6O.HI/c1-3-24-23(25-14-12-22-27-26-21-7-5-4-6-15-29(21)22)28-16-13-19(17-28)18-8-10-20(30-2)11-9-18;/h8-11,19H,3-7,12-17H2,1-2H3,(H,24,25);1H. The molecule has 2 aromatic rings. The zero-order valence-electron chi connectivity index (χ0n) is 18.7. The van der Waals surface area contributed by atoms with Crippen molar-refractivity contribution in [1.82, 2.24) is 25.0 Å². The fraction of sp³-hybridized carbons (Fsp3) is 0.609. The smallest absolute Gasteiger partial charge is 0.193 e. The van der Waals surface area contributed by atoms with E-state index in [0.717, 1.165) is 75.3 Å². The van der Waals surface area contributed by atoms with Crippen LogP contribution in [-0.2, 0) is 19.4 Å². The summed E-state index contributed by atoms with van der Waals surface area (Å²) in [6.45, 7) is 6.83. The van der Waals surface area contributed by atoms with E-state index in [0.29, 0.717) is 5.92 Å². The number of benzene rings is 1. The van der Waals surface area contributed by atoms with Crippen molar-refractivity contribution < 1.29 is 4.74 Å². The highest BCUT2D eigenvalue weighted by atomic mass is 127. The average molecular weight is 538 g/mol. The lowest BCUT2D eigenvalue weighted by atomic mass is 9.98. The molecule has 2 aliphatic rings. The Morgan fingerprint density at radius 2 is 2.00 bits per heavy atom. The highest BCUT2D eigenvalue weighted by Gasteiger charge is 2.26. The van der Waals surface area contributed by atoms with Gasteiger partial charge in [0.05, 0.1) is 7.11 Å². The van der Waals surface area contributed by atoms with Crippen LogP contribution in [0.3, 0.4) is 0 Å². The molecule has 1 aromatic carbocycles. The molecule has 0 spiro atoms. The first-order valence-electron chi connectivity index (χ1n) is 11.4. The van der Waals surface area contributed by atoms with Crippen molar-refractivity contribution in [2.24, 2.45) is 4.99 Å². The summed E-state index contributed by atoms with van der Waals surface area (Å²) in [5.41, 5.74) is 1.38. The molecule has 0 radical (unpaired) electrons. The Labute approximate surface area is 202 Å². The van der Waals surface area contributed by atoms with Crippen LogP contribution < -0.4 is 10.1 Å². The maximum Gasteiger partial charge on any atom is 0.193 e. The highest BCUT2D eigenvalue weighted by Crippen LogP contribution is 2.28. The number of guanidine groups is 1. The zero-order chi connectivity index (χ0) is 20.8. The SMILES string of the molecule is CCNC(=NCCc1nnc2n1CCCCC2)N1CCC(c2ccc(OC)cc2)C1.I. The summed E-state index contributed by atoms with van der Waals surface area (Å²) in [6.07, 6.45) is 6.79. The second kappa shape index (κ2) is 11.7. The van der Waals surface area contributed by atoms with E-state index in [9.17, 15) is 0 Å². The molecule has 1 unspecified atom stereocenters. The minimum Gasteiger partial charge on any atom is -0.497 e. The summed E-state index contributed by atoms with van der Waals surface area (Å²) in [5.74, 6) is 4.70. The Kier molecular flexibility index (Phi) is 8.98. The summed E-state index contributed by atoms with van der Waals surface area (Å²) in [6, 6.07) is 8.49. The number of aliphatic imine (C=N–C) groups is 1. The predicted octanol–water partition coefficient (Wildman–Crippen LogP) is 3.63. The van der Waals surface area contributed by atoms with Gasteiger partial charge in [-0.15, -0.1) is 34.2 Å². The number of aryl methyl sites for hydroxylation is 1. The van der Waals surface area contributed by atoms with Gasteiger partial charge in [-0.1, -0.05) is 18.6 Å². The van der Waals surface area contributed by atoms with E-state index in [-0.39, 0.29) is 24.0 Å². The molecule has 1 aromatic heterocycles. The van der Waals surface area contributed by atoms with Crippen LogP contribution in [0.4, 0.5) is 0 Å². The van der Waals surface area contributed by atoms with Gasteiger partial charge in [0.2, 0.25) is 0 Å². The number of likely N-dealkylation sites (tertiary alicyclic amines) is 1. The molecular weight excluding hydrogens is 503 g/mol. The minimum atomic E-state index is 0. The third-order valence-electron chi connectivity index (χ3n) is 6.19. The number of hydrogen-bond donors (Lipinski definition) is 1. The quantitative estimate of drug-likeness (QED) is 0.346. The maximum atomic E-state index is 5.29. The van der Waals surface area contributed by atoms with Crippen molar-refractivity contribution in [3.8, 4) is 5.75 Å². The van der Waals surface area contributed by atoms with Crippen LogP contribution >= 0.6 is 24.0 Å². The maximum absolute atomic E-state index is 5.29. The van der Waals surface area contributed by atoms with Crippen LogP contribution in [-0.4, -0.2) is 58.9 Å². The molecule has 0 bridgehead atoms. The predicted molar refractivity (Wildman–Crippen MR) is 135 cm³/mol. The molecule has 0 amide bonds. The normalized spacial score (nSPS) is 18.8. The first-order chi connectivity index (χ1) is 14.8. The summed E-state index contributed by atoms with van der Waals surface area (Å²) < 4.78 is 7.61. The van der Waals surface area contributed by atoms with Crippen LogP contribution in [0.15, 0.2) is 29.3 Å². The number of nitrogens with one attached hydrogen (secondary N) is 1. The number of fused-ring (bicyclic) bond motifs is 1. The van der Waals surface area contributed by atoms with Crippen molar-refractivity contribution in [3.05, 3.63) is 41.5 Å². The van der Waals surface area contributed by atoms with Gasteiger partial charge in [-0.2, -0.15) is 0 Å². The third-order valence-corrected chi connectivity index (χ3v) is 6.19. The second-order valence-corrected chi connectivity index (χ2v) is 8.19. The van der Waals surface area contributed by atoms with Crippen LogP contribution in [0.1, 0.15) is 55.7 Å². The Morgan fingerprint density at radius 1 is 1.16 bits per heavy atom. The Balaban J connectivity index is 0.00000272. The number of halogens is 1. The van der Waals surface area contributed by atoms with Crippen molar-refractivity contribution in [2.45, 2.75) is 57.9 Å². The van der Waals surface area contributed by atoms with Crippen LogP contribution in [0, 0.1) is 0 Å². The van der Waals surface area contributed by atoms with Gasteiger partial charge in [0.25, 0.3) is 0 Å². The van der Waals surface area contributed by atoms with Gasteiger partial charge in [-0.25, -0.2) is 0 Å². The van der Waals surface area contributed by atoms with E-state index in [1.165, 1.54) is 24.8 Å². The first kappa shape index (κ1) is 23.8. The molecule has 31 heavy (non-hydrogen) atoms. The highest BCUT2D eigenvalue weighted by molar-refractivity contribution is 14.0. The van der Waals surface area contributed by atoms with Crippen LogP contribution in [0.2, 0.25) is 0 Å². The van der Waals surface area contributed by atoms with Gasteiger partial charge in [0.1, 0.15) is 17.4 Å². The van der Waals surface area contributed by atoms with Gasteiger partial charge < -0.3 is 19.5 Å². The zero-order valence-corrected chi connectivity index (χ0v) is 21.0. The summed E-state index contributed by atoms with van der Waals surface area (Å²) >= 11 is 0. The number of hydrogen-bond acceptors (Lipinski definition) is 4. The Bertz CT molecular complexity index is 850. The molecule has 0 aliphatic carbocycles. The van der Waals surface area contributed by atoms with E-state index in [1.54, 1.807) is 7.11 Å². The van der Waals surface area contributed by atoms with E-state index in [2.05, 4.69) is 56.2 Å². The molecule has 3 heterocycles. The molecule has 1 N–H and O–H groups in total.